The number of nitrogens with zero attached hydrogens (tertiary/aromatic N) is 3. The number of aromatic nitrogens is 3. The molecule has 2 aromatic carbocycles. The van der Waals surface area contributed by atoms with E-state index in [9.17, 15) is 17.2 Å². The Morgan fingerprint density at radius 3 is 2.33 bits per heavy atom. The van der Waals surface area contributed by atoms with Crippen LogP contribution in [0.25, 0.3) is 21.8 Å². The standard InChI is InChI=1S/C24H22F3N5O2S2/c1-4-24(2,3)22-31-19(20(35-22)17-11-12-29-23(28)30-17)13-7-5-10-16(18(13)27)32-36(33,34)21-14(25)8-6-9-15(21)26/h5-12,32H,4H2,1-3H3,(H2,28,29,30). The molecular weight excluding hydrogens is 511 g/mol. The maximum absolute atomic E-state index is 15.8. The minimum Gasteiger partial charge on any atom is -0.368 e. The molecule has 0 unspecified atom stereocenters. The van der Waals surface area contributed by atoms with Crippen LogP contribution in [-0.4, -0.2) is 23.4 Å². The Bertz CT molecular complexity index is 1540. The van der Waals surface area contributed by atoms with Crippen LogP contribution in [0.1, 0.15) is 32.2 Å². The first-order valence-corrected chi connectivity index (χ1v) is 13.1. The van der Waals surface area contributed by atoms with Gasteiger partial charge < -0.3 is 5.73 Å². The molecule has 3 N–H and O–H groups in total. The molecule has 0 saturated carbocycles. The summed E-state index contributed by atoms with van der Waals surface area (Å²) in [5.41, 5.74) is 5.55. The summed E-state index contributed by atoms with van der Waals surface area (Å²) in [5, 5.41) is 0.714. The minimum atomic E-state index is -4.78. The van der Waals surface area contributed by atoms with Gasteiger partial charge in [-0.25, -0.2) is 36.5 Å². The van der Waals surface area contributed by atoms with Gasteiger partial charge in [-0.1, -0.05) is 32.9 Å². The van der Waals surface area contributed by atoms with Gasteiger partial charge in [0.25, 0.3) is 10.0 Å². The summed E-state index contributed by atoms with van der Waals surface area (Å²) in [7, 11) is -4.78. The molecule has 0 spiro atoms. The van der Waals surface area contributed by atoms with Crippen molar-refractivity contribution in [3.8, 4) is 21.8 Å². The van der Waals surface area contributed by atoms with E-state index in [1.807, 2.05) is 25.5 Å². The number of rotatable bonds is 7. The summed E-state index contributed by atoms with van der Waals surface area (Å²) >= 11 is 1.31. The first-order valence-electron chi connectivity index (χ1n) is 10.8. The first-order chi connectivity index (χ1) is 16.9. The van der Waals surface area contributed by atoms with Crippen molar-refractivity contribution in [2.24, 2.45) is 0 Å². The van der Waals surface area contributed by atoms with Crippen molar-refractivity contribution in [3.05, 3.63) is 71.1 Å². The average Bonchev–Trinajstić information content (AvgIpc) is 3.26. The van der Waals surface area contributed by atoms with Gasteiger partial charge in [-0.2, -0.15) is 0 Å². The van der Waals surface area contributed by atoms with E-state index in [4.69, 9.17) is 10.7 Å². The quantitative estimate of drug-likeness (QED) is 0.313. The third kappa shape index (κ3) is 4.78. The molecular formula is C24H22F3N5O2S2. The second kappa shape index (κ2) is 9.51. The van der Waals surface area contributed by atoms with Gasteiger partial charge in [-0.05, 0) is 36.8 Å². The average molecular weight is 534 g/mol. The van der Waals surface area contributed by atoms with Crippen molar-refractivity contribution >= 4 is 33.0 Å². The van der Waals surface area contributed by atoms with E-state index >= 15 is 4.39 Å². The Hall–Kier alpha value is -3.51. The molecule has 0 aliphatic carbocycles. The van der Waals surface area contributed by atoms with Crippen LogP contribution in [0.2, 0.25) is 0 Å². The van der Waals surface area contributed by atoms with Gasteiger partial charge in [0.15, 0.2) is 10.7 Å². The first kappa shape index (κ1) is 25.6. The molecule has 12 heteroatoms. The lowest BCUT2D eigenvalue weighted by molar-refractivity contribution is 0.503. The van der Waals surface area contributed by atoms with Crippen LogP contribution in [0, 0.1) is 17.5 Å². The number of nitrogens with two attached hydrogens (primary N) is 1. The summed E-state index contributed by atoms with van der Waals surface area (Å²) < 4.78 is 71.5. The fourth-order valence-electron chi connectivity index (χ4n) is 3.35. The Kier molecular flexibility index (Phi) is 6.76. The number of hydrogen-bond donors (Lipinski definition) is 2. The number of thiazole rings is 1. The third-order valence-corrected chi connectivity index (χ3v) is 8.54. The van der Waals surface area contributed by atoms with Crippen molar-refractivity contribution in [3.63, 3.8) is 0 Å². The van der Waals surface area contributed by atoms with Crippen molar-refractivity contribution < 1.29 is 21.6 Å². The predicted octanol–water partition coefficient (Wildman–Crippen LogP) is 5.76. The maximum atomic E-state index is 15.8. The molecule has 4 aromatic rings. The van der Waals surface area contributed by atoms with E-state index in [1.54, 1.807) is 6.07 Å². The van der Waals surface area contributed by atoms with E-state index in [0.29, 0.717) is 15.6 Å². The van der Waals surface area contributed by atoms with Crippen LogP contribution < -0.4 is 10.5 Å². The van der Waals surface area contributed by atoms with Crippen molar-refractivity contribution in [2.45, 2.75) is 37.5 Å². The van der Waals surface area contributed by atoms with Gasteiger partial charge in [0.2, 0.25) is 5.95 Å². The van der Waals surface area contributed by atoms with E-state index < -0.39 is 38.1 Å². The van der Waals surface area contributed by atoms with Gasteiger partial charge in [0.05, 0.1) is 27.0 Å². The molecule has 2 aromatic heterocycles. The van der Waals surface area contributed by atoms with Crippen LogP contribution >= 0.6 is 11.3 Å². The molecule has 0 aliphatic rings. The fourth-order valence-corrected chi connectivity index (χ4v) is 5.77. The topological polar surface area (TPSA) is 111 Å². The lowest BCUT2D eigenvalue weighted by Crippen LogP contribution is -2.17. The highest BCUT2D eigenvalue weighted by atomic mass is 32.2. The second-order valence-electron chi connectivity index (χ2n) is 8.56. The highest BCUT2D eigenvalue weighted by Crippen LogP contribution is 2.42. The summed E-state index contributed by atoms with van der Waals surface area (Å²) in [5.74, 6) is -3.54. The summed E-state index contributed by atoms with van der Waals surface area (Å²) in [6, 6.07) is 8.25. The van der Waals surface area contributed by atoms with Crippen LogP contribution in [0.15, 0.2) is 53.6 Å². The number of sulfonamides is 1. The molecule has 2 heterocycles. The summed E-state index contributed by atoms with van der Waals surface area (Å²) in [6.45, 7) is 6.00. The molecule has 0 fully saturated rings. The zero-order valence-electron chi connectivity index (χ0n) is 19.5. The molecule has 0 aliphatic heterocycles. The summed E-state index contributed by atoms with van der Waals surface area (Å²) in [6.07, 6.45) is 2.22. The van der Waals surface area contributed by atoms with Gasteiger partial charge in [-0.3, -0.25) is 4.72 Å². The fraction of sp³-hybridized carbons (Fsp3) is 0.208. The van der Waals surface area contributed by atoms with Gasteiger partial charge >= 0.3 is 0 Å². The minimum absolute atomic E-state index is 0.0224. The molecule has 0 radical (unpaired) electrons. The van der Waals surface area contributed by atoms with Crippen LogP contribution in [0.4, 0.5) is 24.8 Å². The van der Waals surface area contributed by atoms with Crippen molar-refractivity contribution in [2.75, 3.05) is 10.5 Å². The highest BCUT2D eigenvalue weighted by Gasteiger charge is 2.29. The van der Waals surface area contributed by atoms with Crippen molar-refractivity contribution in [1.29, 1.82) is 0 Å². The number of benzene rings is 2. The van der Waals surface area contributed by atoms with E-state index in [-0.39, 0.29) is 22.6 Å². The number of nitrogen functional groups attached to an aromatic ring is 1. The van der Waals surface area contributed by atoms with E-state index in [2.05, 4.69) is 9.97 Å². The van der Waals surface area contributed by atoms with Crippen LogP contribution in [-0.2, 0) is 15.4 Å². The normalized spacial score (nSPS) is 12.1. The lowest BCUT2D eigenvalue weighted by atomic mass is 9.91. The Morgan fingerprint density at radius 1 is 1.03 bits per heavy atom. The smallest absolute Gasteiger partial charge is 0.267 e. The zero-order valence-corrected chi connectivity index (χ0v) is 21.1. The van der Waals surface area contributed by atoms with Crippen LogP contribution in [0.5, 0.6) is 0 Å². The Balaban J connectivity index is 1.86. The molecule has 7 nitrogen and oxygen atoms in total. The second-order valence-corrected chi connectivity index (χ2v) is 11.2. The molecule has 0 atom stereocenters. The number of halogens is 3. The van der Waals surface area contributed by atoms with E-state index in [1.165, 1.54) is 29.7 Å². The lowest BCUT2D eigenvalue weighted by Gasteiger charge is -2.18. The number of anilines is 2. The van der Waals surface area contributed by atoms with Gasteiger partial charge in [-0.15, -0.1) is 11.3 Å². The molecule has 36 heavy (non-hydrogen) atoms. The zero-order chi connectivity index (χ0) is 26.3. The van der Waals surface area contributed by atoms with Crippen LogP contribution in [0.3, 0.4) is 0 Å². The number of nitrogens with one attached hydrogen (secondary N) is 1. The van der Waals surface area contributed by atoms with Crippen molar-refractivity contribution in [1.82, 2.24) is 15.0 Å². The van der Waals surface area contributed by atoms with E-state index in [0.717, 1.165) is 30.7 Å². The Labute approximate surface area is 210 Å². The summed E-state index contributed by atoms with van der Waals surface area (Å²) in [4.78, 5) is 12.1. The Morgan fingerprint density at radius 2 is 1.69 bits per heavy atom. The number of hydrogen-bond acceptors (Lipinski definition) is 7. The molecule has 188 valence electrons. The van der Waals surface area contributed by atoms with Gasteiger partial charge in [0, 0.05) is 17.2 Å². The predicted molar refractivity (Wildman–Crippen MR) is 133 cm³/mol. The monoisotopic (exact) mass is 533 g/mol. The largest absolute Gasteiger partial charge is 0.368 e. The molecule has 0 amide bonds. The maximum Gasteiger partial charge on any atom is 0.267 e. The van der Waals surface area contributed by atoms with Gasteiger partial charge in [0.1, 0.15) is 11.6 Å². The highest BCUT2D eigenvalue weighted by molar-refractivity contribution is 7.92. The SMILES string of the molecule is CCC(C)(C)c1nc(-c2cccc(NS(=O)(=O)c3c(F)cccc3F)c2F)c(-c2ccnc(N)n2)s1. The molecule has 0 bridgehead atoms. The molecule has 4 rings (SSSR count). The molecule has 0 saturated heterocycles. The third-order valence-electron chi connectivity index (χ3n) is 5.68.